The van der Waals surface area contributed by atoms with E-state index in [2.05, 4.69) is 11.8 Å². The highest BCUT2D eigenvalue weighted by molar-refractivity contribution is 7.15. The van der Waals surface area contributed by atoms with Gasteiger partial charge in [-0.3, -0.25) is 4.79 Å². The number of carbonyl (C=O) groups is 2. The molecule has 1 aromatic heterocycles. The van der Waals surface area contributed by atoms with Crippen LogP contribution in [-0.2, 0) is 14.3 Å². The minimum atomic E-state index is -1.03. The fourth-order valence-corrected chi connectivity index (χ4v) is 4.54. The molecule has 1 heterocycles. The maximum absolute atomic E-state index is 12.1. The summed E-state index contributed by atoms with van der Waals surface area (Å²) in [4.78, 5) is 26.4. The highest BCUT2D eigenvalue weighted by Crippen LogP contribution is 2.34. The Morgan fingerprint density at radius 3 is 2.65 bits per heavy atom. The van der Waals surface area contributed by atoms with Crippen LogP contribution in [0.2, 0.25) is 0 Å². The molecule has 1 unspecified atom stereocenters. The van der Waals surface area contributed by atoms with Crippen molar-refractivity contribution in [2.24, 2.45) is 5.41 Å². The number of hydrogen-bond acceptors (Lipinski definition) is 5. The molecule has 1 fully saturated rings. The first kappa shape index (κ1) is 25.4. The Morgan fingerprint density at radius 2 is 2.00 bits per heavy atom. The van der Waals surface area contributed by atoms with Gasteiger partial charge in [-0.05, 0) is 58.9 Å². The van der Waals surface area contributed by atoms with Crippen molar-refractivity contribution < 1.29 is 24.2 Å². The fraction of sp³-hybridized carbons (Fsp3) is 0.667. The Hall–Kier alpha value is -1.88. The van der Waals surface area contributed by atoms with Gasteiger partial charge in [-0.1, -0.05) is 24.7 Å². The number of rotatable bonds is 9. The highest BCUT2D eigenvalue weighted by atomic mass is 32.1. The SMILES string of the molecule is COCCCOC1CCCC[C@@H](N(C=O)c2cc(C#CC(C)(C)C)sc2C(=O)O)CC1. The zero-order valence-electron chi connectivity index (χ0n) is 19.1. The van der Waals surface area contributed by atoms with Gasteiger partial charge in [0.1, 0.15) is 4.88 Å². The van der Waals surface area contributed by atoms with E-state index in [4.69, 9.17) is 9.47 Å². The lowest BCUT2D eigenvalue weighted by Crippen LogP contribution is -2.36. The Balaban J connectivity index is 2.17. The highest BCUT2D eigenvalue weighted by Gasteiger charge is 2.27. The number of methoxy groups -OCH3 is 1. The number of carboxylic acid groups (broad SMARTS) is 1. The predicted molar refractivity (Wildman–Crippen MR) is 124 cm³/mol. The van der Waals surface area contributed by atoms with Crippen LogP contribution in [0.1, 0.15) is 80.3 Å². The van der Waals surface area contributed by atoms with Crippen molar-refractivity contribution in [2.75, 3.05) is 25.2 Å². The number of carbonyl (C=O) groups excluding carboxylic acids is 1. The third kappa shape index (κ3) is 8.29. The summed E-state index contributed by atoms with van der Waals surface area (Å²) in [5.41, 5.74) is 0.268. The van der Waals surface area contributed by atoms with Gasteiger partial charge < -0.3 is 19.5 Å². The van der Waals surface area contributed by atoms with Crippen LogP contribution in [0.15, 0.2) is 6.07 Å². The number of nitrogens with zero attached hydrogens (tertiary/aromatic N) is 1. The van der Waals surface area contributed by atoms with Gasteiger partial charge in [-0.2, -0.15) is 0 Å². The summed E-state index contributed by atoms with van der Waals surface area (Å²) in [7, 11) is 1.68. The van der Waals surface area contributed by atoms with Gasteiger partial charge in [0, 0.05) is 31.8 Å². The Bertz CT molecular complexity index is 786. The molecule has 0 radical (unpaired) electrons. The molecule has 0 aromatic carbocycles. The molecule has 2 atom stereocenters. The summed E-state index contributed by atoms with van der Waals surface area (Å²) in [5, 5.41) is 9.72. The molecule has 1 aromatic rings. The van der Waals surface area contributed by atoms with Crippen LogP contribution < -0.4 is 4.90 Å². The van der Waals surface area contributed by atoms with E-state index in [0.717, 1.165) is 62.7 Å². The molecule has 1 N–H and O–H groups in total. The van der Waals surface area contributed by atoms with E-state index < -0.39 is 5.97 Å². The second-order valence-electron chi connectivity index (χ2n) is 9.00. The van der Waals surface area contributed by atoms with Gasteiger partial charge in [0.05, 0.1) is 16.7 Å². The van der Waals surface area contributed by atoms with Crippen LogP contribution in [0.5, 0.6) is 0 Å². The summed E-state index contributed by atoms with van der Waals surface area (Å²) in [6.45, 7) is 7.38. The van der Waals surface area contributed by atoms with E-state index in [9.17, 15) is 14.7 Å². The molecule has 6 nitrogen and oxygen atoms in total. The summed E-state index contributed by atoms with van der Waals surface area (Å²) in [5.74, 6) is 5.19. The van der Waals surface area contributed by atoms with Gasteiger partial charge in [-0.15, -0.1) is 11.3 Å². The smallest absolute Gasteiger partial charge is 0.348 e. The number of carboxylic acids is 1. The van der Waals surface area contributed by atoms with Crippen LogP contribution in [0.25, 0.3) is 0 Å². The molecule has 1 aliphatic carbocycles. The molecule has 0 spiro atoms. The van der Waals surface area contributed by atoms with Crippen LogP contribution in [0, 0.1) is 17.3 Å². The lowest BCUT2D eigenvalue weighted by atomic mass is 9.93. The summed E-state index contributed by atoms with van der Waals surface area (Å²) < 4.78 is 11.1. The maximum Gasteiger partial charge on any atom is 0.348 e. The van der Waals surface area contributed by atoms with Crippen molar-refractivity contribution in [3.63, 3.8) is 0 Å². The van der Waals surface area contributed by atoms with Gasteiger partial charge in [-0.25, -0.2) is 4.79 Å². The third-order valence-corrected chi connectivity index (χ3v) is 6.26. The molecular weight excluding hydrogens is 414 g/mol. The minimum Gasteiger partial charge on any atom is -0.477 e. The first-order chi connectivity index (χ1) is 14.7. The molecular formula is C24H35NO5S. The number of aromatic carboxylic acids is 1. The van der Waals surface area contributed by atoms with E-state index in [1.165, 1.54) is 0 Å². The monoisotopic (exact) mass is 449 g/mol. The molecule has 1 aliphatic rings. The third-order valence-electron chi connectivity index (χ3n) is 5.23. The van der Waals surface area contributed by atoms with Crippen molar-refractivity contribution in [3.8, 4) is 11.8 Å². The topological polar surface area (TPSA) is 76.1 Å². The molecule has 1 saturated carbocycles. The number of ether oxygens (including phenoxy) is 2. The average Bonchev–Trinajstić information content (AvgIpc) is 3.11. The second kappa shape index (κ2) is 12.2. The fourth-order valence-electron chi connectivity index (χ4n) is 3.69. The summed E-state index contributed by atoms with van der Waals surface area (Å²) in [6, 6.07) is 1.71. The van der Waals surface area contributed by atoms with E-state index >= 15 is 0 Å². The summed E-state index contributed by atoms with van der Waals surface area (Å²) in [6.07, 6.45) is 7.34. The molecule has 31 heavy (non-hydrogen) atoms. The lowest BCUT2D eigenvalue weighted by molar-refractivity contribution is -0.108. The Labute approximate surface area is 189 Å². The molecule has 0 aliphatic heterocycles. The van der Waals surface area contributed by atoms with E-state index in [1.54, 1.807) is 18.1 Å². The summed E-state index contributed by atoms with van der Waals surface area (Å²) >= 11 is 1.13. The van der Waals surface area contributed by atoms with Crippen molar-refractivity contribution >= 4 is 29.4 Å². The number of hydrogen-bond donors (Lipinski definition) is 1. The first-order valence-electron chi connectivity index (χ1n) is 11.0. The quantitative estimate of drug-likeness (QED) is 0.328. The standard InChI is InChI=1S/C24H35NO5S/c1-24(2,3)13-12-20-16-21(22(31-20)23(27)28)25(17-26)18-8-5-6-9-19(11-10-18)30-15-7-14-29-4/h16-19H,5-11,14-15H2,1-4H3,(H,27,28)/t18-,19?/m1/s1. The number of amides is 1. The number of thiophene rings is 1. The van der Waals surface area contributed by atoms with Crippen molar-refractivity contribution in [1.29, 1.82) is 0 Å². The molecule has 0 bridgehead atoms. The predicted octanol–water partition coefficient (Wildman–Crippen LogP) is 4.95. The van der Waals surface area contributed by atoms with Gasteiger partial charge in [0.15, 0.2) is 0 Å². The zero-order valence-corrected chi connectivity index (χ0v) is 19.9. The normalized spacial score (nSPS) is 19.6. The molecule has 2 rings (SSSR count). The second-order valence-corrected chi connectivity index (χ2v) is 10.0. The van der Waals surface area contributed by atoms with E-state index in [0.29, 0.717) is 23.8 Å². The first-order valence-corrected chi connectivity index (χ1v) is 11.8. The van der Waals surface area contributed by atoms with Crippen molar-refractivity contribution in [2.45, 2.75) is 77.9 Å². The van der Waals surface area contributed by atoms with Crippen molar-refractivity contribution in [1.82, 2.24) is 0 Å². The lowest BCUT2D eigenvalue weighted by Gasteiger charge is -2.31. The Kier molecular flexibility index (Phi) is 10.0. The van der Waals surface area contributed by atoms with Crippen LogP contribution in [0.3, 0.4) is 0 Å². The van der Waals surface area contributed by atoms with Gasteiger partial charge in [0.2, 0.25) is 6.41 Å². The van der Waals surface area contributed by atoms with Gasteiger partial charge >= 0.3 is 5.97 Å². The zero-order chi connectivity index (χ0) is 22.9. The molecule has 0 saturated heterocycles. The molecule has 172 valence electrons. The van der Waals surface area contributed by atoms with Crippen LogP contribution in [-0.4, -0.2) is 50.0 Å². The molecule has 7 heteroatoms. The maximum atomic E-state index is 12.1. The largest absolute Gasteiger partial charge is 0.477 e. The van der Waals surface area contributed by atoms with E-state index in [1.807, 2.05) is 20.8 Å². The Morgan fingerprint density at radius 1 is 1.26 bits per heavy atom. The number of anilines is 1. The van der Waals surface area contributed by atoms with Crippen molar-refractivity contribution in [3.05, 3.63) is 15.8 Å². The van der Waals surface area contributed by atoms with Crippen LogP contribution >= 0.6 is 11.3 Å². The van der Waals surface area contributed by atoms with E-state index in [-0.39, 0.29) is 22.4 Å². The minimum absolute atomic E-state index is 0.0426. The van der Waals surface area contributed by atoms with Gasteiger partial charge in [0.25, 0.3) is 0 Å². The van der Waals surface area contributed by atoms with Crippen LogP contribution in [0.4, 0.5) is 5.69 Å². The average molecular weight is 450 g/mol. The molecule has 1 amide bonds.